The Hall–Kier alpha value is -1.36. The first-order valence-electron chi connectivity index (χ1n) is 13.2. The topological polar surface area (TPSA) is 93.6 Å². The van der Waals surface area contributed by atoms with Crippen LogP contribution in [-0.2, 0) is 22.2 Å². The number of ether oxygens (including phenoxy) is 1. The van der Waals surface area contributed by atoms with Crippen molar-refractivity contribution in [3.8, 4) is 0 Å². The fourth-order valence-corrected chi connectivity index (χ4v) is 13.0. The van der Waals surface area contributed by atoms with Crippen molar-refractivity contribution in [2.45, 2.75) is 96.2 Å². The van der Waals surface area contributed by atoms with Crippen LogP contribution in [0.5, 0.6) is 0 Å². The van der Waals surface area contributed by atoms with Crippen LogP contribution in [0, 0.1) is 5.92 Å². The Morgan fingerprint density at radius 1 is 1.22 bits per heavy atom. The predicted molar refractivity (Wildman–Crippen MR) is 153 cm³/mol. The first-order valence-corrected chi connectivity index (χ1v) is 16.5. The van der Waals surface area contributed by atoms with Crippen molar-refractivity contribution in [3.05, 3.63) is 38.9 Å². The highest BCUT2D eigenvalue weighted by Crippen LogP contribution is 2.46. The van der Waals surface area contributed by atoms with Gasteiger partial charge in [0.25, 0.3) is 0 Å². The molecule has 3 atom stereocenters. The number of anilines is 1. The number of Topliss-reactive ketones (excluding diaryl/α,β-unsaturated/α-hetero) is 1. The van der Waals surface area contributed by atoms with Gasteiger partial charge in [0.15, 0.2) is 5.78 Å². The SMILES string of the molecule is COCc1cc(CC(=O)c2cncnc2N[C@@H]2C[C@H](CO)[C@@H](O[Si](C(C)C)(C(C)C)C(C)C)C2)sc1Cl. The maximum atomic E-state index is 13.2. The van der Waals surface area contributed by atoms with Gasteiger partial charge in [-0.05, 0) is 35.5 Å². The lowest BCUT2D eigenvalue weighted by Gasteiger charge is -2.45. The molecule has 37 heavy (non-hydrogen) atoms. The standard InChI is InChI=1S/C27H42ClN3O4SSi/c1-16(2)37(17(3)4,18(5)6)35-25-10-21(8-19(25)13-32)31-27-23(12-29-15-30-27)24(33)11-22-9-20(14-34-7)26(28)36-22/h9,12,15-19,21,25,32H,8,10-11,13-14H2,1-7H3,(H,29,30,31)/t19-,21-,25+/m1/s1. The molecule has 0 aliphatic heterocycles. The van der Waals surface area contributed by atoms with Crippen molar-refractivity contribution < 1.29 is 19.1 Å². The van der Waals surface area contributed by atoms with Crippen LogP contribution in [0.15, 0.2) is 18.6 Å². The second-order valence-corrected chi connectivity index (χ2v) is 18.2. The van der Waals surface area contributed by atoms with Gasteiger partial charge in [-0.25, -0.2) is 9.97 Å². The van der Waals surface area contributed by atoms with Crippen molar-refractivity contribution >= 4 is 42.9 Å². The van der Waals surface area contributed by atoms with Crippen molar-refractivity contribution in [1.82, 2.24) is 9.97 Å². The van der Waals surface area contributed by atoms with E-state index in [2.05, 4.69) is 56.8 Å². The Morgan fingerprint density at radius 3 is 2.49 bits per heavy atom. The first kappa shape index (κ1) is 30.2. The van der Waals surface area contributed by atoms with E-state index >= 15 is 0 Å². The van der Waals surface area contributed by atoms with Gasteiger partial charge in [0.1, 0.15) is 12.1 Å². The molecule has 1 aliphatic rings. The number of nitrogens with one attached hydrogen (secondary N) is 1. The lowest BCUT2D eigenvalue weighted by Crippen LogP contribution is -2.51. The fraction of sp³-hybridized carbons (Fsp3) is 0.667. The number of aromatic nitrogens is 2. The average molecular weight is 568 g/mol. The smallest absolute Gasteiger partial charge is 0.200 e. The van der Waals surface area contributed by atoms with Gasteiger partial charge < -0.3 is 19.6 Å². The molecule has 1 aliphatic carbocycles. The van der Waals surface area contributed by atoms with Crippen LogP contribution in [0.25, 0.3) is 0 Å². The number of rotatable bonds is 13. The van der Waals surface area contributed by atoms with Gasteiger partial charge in [-0.15, -0.1) is 11.3 Å². The fourth-order valence-electron chi connectivity index (χ4n) is 6.11. The van der Waals surface area contributed by atoms with Gasteiger partial charge >= 0.3 is 0 Å². The van der Waals surface area contributed by atoms with Gasteiger partial charge in [0.2, 0.25) is 8.32 Å². The summed E-state index contributed by atoms with van der Waals surface area (Å²) < 4.78 is 12.9. The minimum Gasteiger partial charge on any atom is -0.413 e. The number of hydrogen-bond donors (Lipinski definition) is 2. The normalized spacial score (nSPS) is 20.4. The molecule has 7 nitrogen and oxygen atoms in total. The predicted octanol–water partition coefficient (Wildman–Crippen LogP) is 6.51. The zero-order chi connectivity index (χ0) is 27.3. The molecule has 2 aromatic heterocycles. The number of aliphatic hydroxyl groups excluding tert-OH is 1. The summed E-state index contributed by atoms with van der Waals surface area (Å²) in [6.07, 6.45) is 4.76. The summed E-state index contributed by atoms with van der Waals surface area (Å²) in [7, 11) is -0.471. The summed E-state index contributed by atoms with van der Waals surface area (Å²) in [5.41, 5.74) is 2.76. The molecule has 1 saturated carbocycles. The zero-order valence-electron chi connectivity index (χ0n) is 23.1. The zero-order valence-corrected chi connectivity index (χ0v) is 25.7. The van der Waals surface area contributed by atoms with Crippen molar-refractivity contribution in [2.24, 2.45) is 5.92 Å². The highest BCUT2D eigenvalue weighted by atomic mass is 35.5. The molecule has 0 aromatic carbocycles. The molecule has 2 N–H and O–H groups in total. The highest BCUT2D eigenvalue weighted by molar-refractivity contribution is 7.16. The maximum Gasteiger partial charge on any atom is 0.200 e. The summed E-state index contributed by atoms with van der Waals surface area (Å²) in [5, 5.41) is 13.7. The first-order chi connectivity index (χ1) is 17.5. The summed E-state index contributed by atoms with van der Waals surface area (Å²) >= 11 is 7.70. The van der Waals surface area contributed by atoms with E-state index in [0.717, 1.165) is 23.3 Å². The Balaban J connectivity index is 1.75. The molecule has 2 heterocycles. The molecule has 1 fully saturated rings. The lowest BCUT2D eigenvalue weighted by atomic mass is 10.1. The third kappa shape index (κ3) is 6.80. The third-order valence-corrected chi connectivity index (χ3v) is 15.3. The maximum absolute atomic E-state index is 13.2. The summed E-state index contributed by atoms with van der Waals surface area (Å²) in [6, 6.07) is 1.97. The van der Waals surface area contributed by atoms with Gasteiger partial charge in [-0.3, -0.25) is 4.79 Å². The molecule has 0 unspecified atom stereocenters. The molecule has 2 aromatic rings. The molecular formula is C27H42ClN3O4SSi. The summed E-state index contributed by atoms with van der Waals surface area (Å²) in [6.45, 7) is 14.2. The van der Waals surface area contributed by atoms with Crippen molar-refractivity contribution in [2.75, 3.05) is 19.0 Å². The number of halogens is 1. The van der Waals surface area contributed by atoms with Gasteiger partial charge in [0, 0.05) is 48.7 Å². The van der Waals surface area contributed by atoms with Crippen LogP contribution in [0.3, 0.4) is 0 Å². The summed E-state index contributed by atoms with van der Waals surface area (Å²) in [4.78, 5) is 22.6. The van der Waals surface area contributed by atoms with E-state index in [4.69, 9.17) is 20.8 Å². The second kappa shape index (κ2) is 13.1. The van der Waals surface area contributed by atoms with E-state index in [-0.39, 0.29) is 36.9 Å². The molecule has 0 spiro atoms. The highest BCUT2D eigenvalue weighted by Gasteiger charge is 2.49. The molecule has 10 heteroatoms. The molecule has 0 amide bonds. The number of methoxy groups -OCH3 is 1. The Bertz CT molecular complexity index is 1030. The van der Waals surface area contributed by atoms with Gasteiger partial charge in [-0.1, -0.05) is 53.1 Å². The minimum absolute atomic E-state index is 0.0187. The van der Waals surface area contributed by atoms with E-state index in [1.54, 1.807) is 13.3 Å². The largest absolute Gasteiger partial charge is 0.413 e. The minimum atomic E-state index is -2.09. The van der Waals surface area contributed by atoms with Crippen LogP contribution in [0.2, 0.25) is 21.0 Å². The Kier molecular flexibility index (Phi) is 10.7. The van der Waals surface area contributed by atoms with Crippen LogP contribution < -0.4 is 5.32 Å². The molecule has 0 saturated heterocycles. The van der Waals surface area contributed by atoms with Gasteiger partial charge in [0.05, 0.1) is 22.6 Å². The van der Waals surface area contributed by atoms with Crippen LogP contribution >= 0.6 is 22.9 Å². The van der Waals surface area contributed by atoms with Crippen LogP contribution in [-0.4, -0.2) is 55.0 Å². The van der Waals surface area contributed by atoms with E-state index in [9.17, 15) is 9.90 Å². The second-order valence-electron chi connectivity index (χ2n) is 11.1. The molecule has 206 valence electrons. The number of carbonyl (C=O) groups is 1. The van der Waals surface area contributed by atoms with E-state index in [1.807, 2.05) is 6.07 Å². The molecule has 0 radical (unpaired) electrons. The Morgan fingerprint density at radius 2 is 1.89 bits per heavy atom. The van der Waals surface area contributed by atoms with Crippen molar-refractivity contribution in [3.63, 3.8) is 0 Å². The molecule has 0 bridgehead atoms. The number of hydrogen-bond acceptors (Lipinski definition) is 8. The number of ketones is 1. The van der Waals surface area contributed by atoms with Crippen molar-refractivity contribution in [1.29, 1.82) is 0 Å². The number of carbonyl (C=O) groups excluding carboxylic acids is 1. The van der Waals surface area contributed by atoms with Crippen LogP contribution in [0.4, 0.5) is 5.82 Å². The van der Waals surface area contributed by atoms with Gasteiger partial charge in [-0.2, -0.15) is 0 Å². The third-order valence-electron chi connectivity index (χ3n) is 7.72. The lowest BCUT2D eigenvalue weighted by molar-refractivity contribution is 0.0941. The van der Waals surface area contributed by atoms with E-state index < -0.39 is 8.32 Å². The van der Waals surface area contributed by atoms with E-state index in [1.165, 1.54) is 17.7 Å². The molecule has 3 rings (SSSR count). The average Bonchev–Trinajstić information content (AvgIpc) is 3.38. The number of aliphatic hydroxyl groups is 1. The Labute approximate surface area is 231 Å². The molecular weight excluding hydrogens is 526 g/mol. The summed E-state index contributed by atoms with van der Waals surface area (Å²) in [5.74, 6) is 0.511. The monoisotopic (exact) mass is 567 g/mol. The van der Waals surface area contributed by atoms with Crippen LogP contribution in [0.1, 0.15) is 75.2 Å². The number of thiophene rings is 1. The number of nitrogens with zero attached hydrogens (tertiary/aromatic N) is 2. The van der Waals surface area contributed by atoms with E-state index in [0.29, 0.717) is 38.9 Å². The quantitative estimate of drug-likeness (QED) is 0.210.